The number of fused-ring (bicyclic) bond motifs is 2. The fourth-order valence-corrected chi connectivity index (χ4v) is 5.47. The highest BCUT2D eigenvalue weighted by molar-refractivity contribution is 7.13. The van der Waals surface area contributed by atoms with Crippen molar-refractivity contribution in [3.63, 3.8) is 0 Å². The van der Waals surface area contributed by atoms with Crippen LogP contribution in [-0.2, 0) is 24.2 Å². The predicted molar refractivity (Wildman–Crippen MR) is 133 cm³/mol. The summed E-state index contributed by atoms with van der Waals surface area (Å²) in [6, 6.07) is 18.0. The summed E-state index contributed by atoms with van der Waals surface area (Å²) in [4.78, 5) is 23.0. The third-order valence-corrected chi connectivity index (χ3v) is 7.55. The molecule has 0 bridgehead atoms. The second-order valence-corrected chi connectivity index (χ2v) is 10.7. The van der Waals surface area contributed by atoms with Crippen molar-refractivity contribution in [3.05, 3.63) is 82.5 Å². The minimum absolute atomic E-state index is 0.163. The van der Waals surface area contributed by atoms with E-state index in [9.17, 15) is 4.79 Å². The fraction of sp³-hybridized carbons (Fsp3) is 0.321. The van der Waals surface area contributed by atoms with E-state index in [-0.39, 0.29) is 18.0 Å². The molecule has 0 amide bonds. The Labute approximate surface area is 198 Å². The van der Waals surface area contributed by atoms with Crippen LogP contribution in [0.4, 0.5) is 0 Å². The summed E-state index contributed by atoms with van der Waals surface area (Å²) in [6.45, 7) is 7.00. The molecule has 0 spiro atoms. The van der Waals surface area contributed by atoms with Crippen molar-refractivity contribution >= 4 is 28.2 Å². The molecule has 5 heteroatoms. The number of ether oxygens (including phenoxy) is 1. The van der Waals surface area contributed by atoms with Crippen LogP contribution in [0.5, 0.6) is 0 Å². The molecule has 5 rings (SSSR count). The molecular formula is C28H28N2O2S. The molecule has 33 heavy (non-hydrogen) atoms. The Morgan fingerprint density at radius 1 is 1.06 bits per heavy atom. The second-order valence-electron chi connectivity index (χ2n) is 9.82. The highest BCUT2D eigenvalue weighted by Crippen LogP contribution is 2.39. The van der Waals surface area contributed by atoms with Gasteiger partial charge in [-0.25, -0.2) is 9.78 Å². The maximum absolute atomic E-state index is 13.5. The van der Waals surface area contributed by atoms with Crippen LogP contribution in [0, 0.1) is 11.3 Å². The maximum Gasteiger partial charge on any atom is 0.339 e. The zero-order chi connectivity index (χ0) is 23.0. The van der Waals surface area contributed by atoms with Gasteiger partial charge in [-0.3, -0.25) is 4.98 Å². The summed E-state index contributed by atoms with van der Waals surface area (Å²) in [7, 11) is 0. The van der Waals surface area contributed by atoms with Crippen molar-refractivity contribution in [2.75, 3.05) is 0 Å². The third-order valence-electron chi connectivity index (χ3n) is 6.61. The molecule has 2 aromatic heterocycles. The molecule has 0 radical (unpaired) electrons. The summed E-state index contributed by atoms with van der Waals surface area (Å²) in [5.74, 6) is 0.222. The lowest BCUT2D eigenvalue weighted by Crippen LogP contribution is -2.29. The lowest BCUT2D eigenvalue weighted by atomic mass is 9.70. The number of benzene rings is 2. The Morgan fingerprint density at radius 2 is 1.82 bits per heavy atom. The number of rotatable bonds is 4. The first-order chi connectivity index (χ1) is 15.9. The van der Waals surface area contributed by atoms with Crippen molar-refractivity contribution in [2.45, 2.75) is 46.6 Å². The Kier molecular flexibility index (Phi) is 5.75. The lowest BCUT2D eigenvalue weighted by Gasteiger charge is -2.35. The summed E-state index contributed by atoms with van der Waals surface area (Å²) in [6.07, 6.45) is 2.85. The number of aromatic nitrogens is 2. The molecule has 1 unspecified atom stereocenters. The highest BCUT2D eigenvalue weighted by atomic mass is 32.1. The van der Waals surface area contributed by atoms with E-state index in [1.165, 1.54) is 0 Å². The first-order valence-corrected chi connectivity index (χ1v) is 12.4. The van der Waals surface area contributed by atoms with E-state index in [4.69, 9.17) is 9.72 Å². The van der Waals surface area contributed by atoms with Crippen LogP contribution in [0.15, 0.2) is 60.0 Å². The minimum atomic E-state index is -0.284. The van der Waals surface area contributed by atoms with E-state index in [1.807, 2.05) is 60.0 Å². The fourth-order valence-electron chi connectivity index (χ4n) is 4.66. The van der Waals surface area contributed by atoms with Crippen LogP contribution in [0.3, 0.4) is 0 Å². The average Bonchev–Trinajstić information content (AvgIpc) is 3.30. The normalized spacial score (nSPS) is 15.9. The number of aryl methyl sites for hydroxylation is 1. The van der Waals surface area contributed by atoms with Gasteiger partial charge in [0.2, 0.25) is 0 Å². The largest absolute Gasteiger partial charge is 0.456 e. The molecule has 0 saturated carbocycles. The molecule has 168 valence electrons. The van der Waals surface area contributed by atoms with Gasteiger partial charge in [0.05, 0.1) is 16.8 Å². The topological polar surface area (TPSA) is 52.1 Å². The van der Waals surface area contributed by atoms with Crippen molar-refractivity contribution < 1.29 is 9.53 Å². The van der Waals surface area contributed by atoms with Crippen molar-refractivity contribution in [1.82, 2.24) is 9.97 Å². The van der Waals surface area contributed by atoms with Gasteiger partial charge in [-0.2, -0.15) is 0 Å². The van der Waals surface area contributed by atoms with Gasteiger partial charge in [0.25, 0.3) is 0 Å². The van der Waals surface area contributed by atoms with Crippen LogP contribution in [0.25, 0.3) is 21.5 Å². The van der Waals surface area contributed by atoms with Crippen molar-refractivity contribution in [3.8, 4) is 10.6 Å². The Morgan fingerprint density at radius 3 is 2.61 bits per heavy atom. The van der Waals surface area contributed by atoms with Gasteiger partial charge in [-0.05, 0) is 42.2 Å². The zero-order valence-corrected chi connectivity index (χ0v) is 20.1. The Balaban J connectivity index is 1.44. The smallest absolute Gasteiger partial charge is 0.339 e. The van der Waals surface area contributed by atoms with Crippen LogP contribution >= 0.6 is 11.3 Å². The van der Waals surface area contributed by atoms with E-state index in [2.05, 4.69) is 25.8 Å². The lowest BCUT2D eigenvalue weighted by molar-refractivity contribution is 0.0468. The number of thiazole rings is 1. The minimum Gasteiger partial charge on any atom is -0.456 e. The third kappa shape index (κ3) is 4.42. The maximum atomic E-state index is 13.5. The van der Waals surface area contributed by atoms with Gasteiger partial charge in [0.1, 0.15) is 11.6 Å². The number of hydrogen-bond donors (Lipinski definition) is 0. The molecule has 4 nitrogen and oxygen atoms in total. The Hall–Kier alpha value is -3.05. The average molecular weight is 457 g/mol. The second kappa shape index (κ2) is 8.71. The monoisotopic (exact) mass is 456 g/mol. The molecule has 1 aliphatic rings. The first-order valence-electron chi connectivity index (χ1n) is 11.5. The van der Waals surface area contributed by atoms with Crippen LogP contribution in [-0.4, -0.2) is 15.9 Å². The van der Waals surface area contributed by atoms with Gasteiger partial charge in [-0.1, -0.05) is 69.3 Å². The van der Waals surface area contributed by atoms with Gasteiger partial charge < -0.3 is 4.74 Å². The number of para-hydroxylation sites is 1. The van der Waals surface area contributed by atoms with E-state index < -0.39 is 0 Å². The van der Waals surface area contributed by atoms with E-state index in [0.717, 1.165) is 57.7 Å². The molecule has 2 aromatic carbocycles. The molecule has 1 atom stereocenters. The molecule has 1 aliphatic carbocycles. The zero-order valence-electron chi connectivity index (χ0n) is 19.3. The number of hydrogen-bond acceptors (Lipinski definition) is 5. The van der Waals surface area contributed by atoms with Crippen LogP contribution in [0.1, 0.15) is 54.5 Å². The van der Waals surface area contributed by atoms with Gasteiger partial charge in [0.15, 0.2) is 0 Å². The van der Waals surface area contributed by atoms with E-state index in [0.29, 0.717) is 11.5 Å². The number of pyridine rings is 1. The van der Waals surface area contributed by atoms with Gasteiger partial charge >= 0.3 is 5.97 Å². The number of esters is 1. The molecule has 4 aromatic rings. The Bertz CT molecular complexity index is 1300. The summed E-state index contributed by atoms with van der Waals surface area (Å²) >= 11 is 1.57. The standard InChI is InChI=1S/C28H28N2O2S/c1-28(2,3)19-13-14-24-22(15-19)25(21-11-7-8-12-23(21)30-24)27(31)32-16-20-17-33-26(29-20)18-9-5-4-6-10-18/h4-12,17,19H,13-16H2,1-3H3. The molecule has 0 aliphatic heterocycles. The molecule has 2 heterocycles. The number of carbonyl (C=O) groups excluding carboxylic acids is 1. The van der Waals surface area contributed by atoms with E-state index >= 15 is 0 Å². The molecule has 0 saturated heterocycles. The van der Waals surface area contributed by atoms with E-state index in [1.54, 1.807) is 11.3 Å². The van der Waals surface area contributed by atoms with Gasteiger partial charge in [0, 0.05) is 22.0 Å². The van der Waals surface area contributed by atoms with Crippen molar-refractivity contribution in [2.24, 2.45) is 11.3 Å². The quantitative estimate of drug-likeness (QED) is 0.315. The number of nitrogens with zero attached hydrogens (tertiary/aromatic N) is 2. The summed E-state index contributed by atoms with van der Waals surface area (Å²) in [5, 5.41) is 3.77. The predicted octanol–water partition coefficient (Wildman–Crippen LogP) is 6.87. The molecular weight excluding hydrogens is 428 g/mol. The summed E-state index contributed by atoms with van der Waals surface area (Å²) < 4.78 is 5.84. The van der Waals surface area contributed by atoms with Gasteiger partial charge in [-0.15, -0.1) is 11.3 Å². The highest BCUT2D eigenvalue weighted by Gasteiger charge is 2.33. The molecule has 0 N–H and O–H groups in total. The first kappa shape index (κ1) is 21.8. The molecule has 0 fully saturated rings. The SMILES string of the molecule is CC(C)(C)C1CCc2nc3ccccc3c(C(=O)OCc3csc(-c4ccccc4)n3)c2C1. The summed E-state index contributed by atoms with van der Waals surface area (Å²) in [5.41, 5.74) is 5.67. The van der Waals surface area contributed by atoms with Crippen molar-refractivity contribution in [1.29, 1.82) is 0 Å². The van der Waals surface area contributed by atoms with Crippen LogP contribution < -0.4 is 0 Å². The van der Waals surface area contributed by atoms with Crippen LogP contribution in [0.2, 0.25) is 0 Å². The number of carbonyl (C=O) groups is 1.